The highest BCUT2D eigenvalue weighted by Gasteiger charge is 2.28. The predicted octanol–water partition coefficient (Wildman–Crippen LogP) is 1.39. The van der Waals surface area contributed by atoms with Crippen LogP contribution in [0.2, 0.25) is 0 Å². The molecular weight excluding hydrogens is 223 g/mol. The fourth-order valence-electron chi connectivity index (χ4n) is 2.46. The summed E-state index contributed by atoms with van der Waals surface area (Å²) >= 11 is 0. The highest BCUT2D eigenvalue weighted by molar-refractivity contribution is 6.32. The van der Waals surface area contributed by atoms with Gasteiger partial charge in [0.05, 0.1) is 6.42 Å². The Bertz CT molecular complexity index is 593. The molecule has 1 heterocycles. The number of carbonyl (C=O) groups is 1. The van der Waals surface area contributed by atoms with E-state index in [2.05, 4.69) is 26.0 Å². The number of benzene rings is 2. The van der Waals surface area contributed by atoms with E-state index in [9.17, 15) is 4.79 Å². The van der Waals surface area contributed by atoms with Crippen molar-refractivity contribution in [1.82, 2.24) is 0 Å². The van der Waals surface area contributed by atoms with Gasteiger partial charge in [-0.1, -0.05) is 47.9 Å². The molecule has 3 heteroatoms. The maximum atomic E-state index is 11.7. The molecule has 0 aromatic heterocycles. The second kappa shape index (κ2) is 4.33. The normalized spacial score (nSPS) is 18.0. The van der Waals surface area contributed by atoms with Crippen molar-refractivity contribution < 1.29 is 9.53 Å². The van der Waals surface area contributed by atoms with Gasteiger partial charge >= 0.3 is 5.97 Å². The van der Waals surface area contributed by atoms with Gasteiger partial charge in [-0.15, -0.1) is 0 Å². The summed E-state index contributed by atoms with van der Waals surface area (Å²) in [4.78, 5) is 11.7. The van der Waals surface area contributed by atoms with E-state index in [-0.39, 0.29) is 11.9 Å². The van der Waals surface area contributed by atoms with Gasteiger partial charge in [0, 0.05) is 11.5 Å². The first-order valence-electron chi connectivity index (χ1n) is 6.10. The molecule has 88 valence electrons. The van der Waals surface area contributed by atoms with E-state index >= 15 is 0 Å². The number of fused-ring (bicyclic) bond motifs is 1. The molecule has 2 nitrogen and oxygen atoms in total. The Morgan fingerprint density at radius 2 is 1.89 bits per heavy atom. The first kappa shape index (κ1) is 11.1. The maximum Gasteiger partial charge on any atom is 0.312 e. The molecule has 0 fully saturated rings. The van der Waals surface area contributed by atoms with Crippen LogP contribution in [0.3, 0.4) is 0 Å². The van der Waals surface area contributed by atoms with Crippen LogP contribution in [0.15, 0.2) is 48.5 Å². The number of esters is 1. The lowest BCUT2D eigenvalue weighted by molar-refractivity contribution is -0.135. The van der Waals surface area contributed by atoms with Crippen LogP contribution < -0.4 is 10.2 Å². The number of hydrogen-bond donors (Lipinski definition) is 0. The SMILES string of the molecule is Bc1ccc2c(c1)C(c1ccccc1)CC(=O)O2. The van der Waals surface area contributed by atoms with E-state index in [1.165, 1.54) is 11.0 Å². The molecule has 0 N–H and O–H groups in total. The minimum atomic E-state index is -0.153. The van der Waals surface area contributed by atoms with Gasteiger partial charge in [0.2, 0.25) is 0 Å². The second-order valence-corrected chi connectivity index (χ2v) is 4.68. The van der Waals surface area contributed by atoms with Gasteiger partial charge in [-0.05, 0) is 11.6 Å². The van der Waals surface area contributed by atoms with E-state index < -0.39 is 0 Å². The fraction of sp³-hybridized carbons (Fsp3) is 0.133. The van der Waals surface area contributed by atoms with Crippen LogP contribution >= 0.6 is 0 Å². The van der Waals surface area contributed by atoms with Crippen LogP contribution in [0.1, 0.15) is 23.5 Å². The zero-order chi connectivity index (χ0) is 12.5. The van der Waals surface area contributed by atoms with Crippen LogP contribution in [-0.2, 0) is 4.79 Å². The molecule has 1 aliphatic rings. The minimum Gasteiger partial charge on any atom is -0.426 e. The Balaban J connectivity index is 2.12. The van der Waals surface area contributed by atoms with E-state index in [1.807, 2.05) is 30.3 Å². The van der Waals surface area contributed by atoms with Crippen molar-refractivity contribution in [1.29, 1.82) is 0 Å². The monoisotopic (exact) mass is 236 g/mol. The van der Waals surface area contributed by atoms with Gasteiger partial charge in [-0.3, -0.25) is 4.79 Å². The smallest absolute Gasteiger partial charge is 0.312 e. The summed E-state index contributed by atoms with van der Waals surface area (Å²) in [5.41, 5.74) is 3.47. The minimum absolute atomic E-state index is 0.113. The first-order chi connectivity index (χ1) is 8.74. The van der Waals surface area contributed by atoms with Gasteiger partial charge in [0.25, 0.3) is 0 Å². The summed E-state index contributed by atoms with van der Waals surface area (Å²) in [6.07, 6.45) is 0.417. The van der Waals surface area contributed by atoms with Crippen molar-refractivity contribution in [3.63, 3.8) is 0 Å². The number of rotatable bonds is 1. The van der Waals surface area contributed by atoms with Crippen molar-refractivity contribution >= 4 is 19.3 Å². The molecule has 2 aromatic carbocycles. The molecule has 0 aliphatic carbocycles. The third-order valence-electron chi connectivity index (χ3n) is 3.34. The predicted molar refractivity (Wildman–Crippen MR) is 73.2 cm³/mol. The van der Waals surface area contributed by atoms with E-state index in [4.69, 9.17) is 4.74 Å². The summed E-state index contributed by atoms with van der Waals surface area (Å²) in [7, 11) is 2.05. The molecule has 1 unspecified atom stereocenters. The third kappa shape index (κ3) is 1.92. The molecule has 1 atom stereocenters. The Hall–Kier alpha value is -2.03. The van der Waals surface area contributed by atoms with Crippen molar-refractivity contribution in [2.75, 3.05) is 0 Å². The van der Waals surface area contributed by atoms with Gasteiger partial charge in [-0.2, -0.15) is 0 Å². The molecule has 0 saturated carbocycles. The van der Waals surface area contributed by atoms with E-state index in [0.29, 0.717) is 12.2 Å². The molecule has 0 bridgehead atoms. The number of ether oxygens (including phenoxy) is 1. The van der Waals surface area contributed by atoms with Crippen LogP contribution in [0, 0.1) is 0 Å². The lowest BCUT2D eigenvalue weighted by Gasteiger charge is -2.25. The van der Waals surface area contributed by atoms with Gasteiger partial charge in [0.15, 0.2) is 0 Å². The average molecular weight is 236 g/mol. The lowest BCUT2D eigenvalue weighted by atomic mass is 9.83. The largest absolute Gasteiger partial charge is 0.426 e. The highest BCUT2D eigenvalue weighted by Crippen LogP contribution is 2.37. The number of hydrogen-bond acceptors (Lipinski definition) is 2. The molecule has 1 aliphatic heterocycles. The van der Waals surface area contributed by atoms with Gasteiger partial charge < -0.3 is 4.74 Å². The Kier molecular flexibility index (Phi) is 2.67. The molecule has 0 saturated heterocycles. The summed E-state index contributed by atoms with van der Waals surface area (Å²) in [5, 5.41) is 0. The maximum absolute atomic E-state index is 11.7. The van der Waals surface area contributed by atoms with Crippen molar-refractivity contribution in [2.24, 2.45) is 0 Å². The molecule has 2 aromatic rings. The lowest BCUT2D eigenvalue weighted by Crippen LogP contribution is -2.22. The van der Waals surface area contributed by atoms with Crippen molar-refractivity contribution in [2.45, 2.75) is 12.3 Å². The van der Waals surface area contributed by atoms with Crippen LogP contribution in [0.25, 0.3) is 0 Å². The summed E-state index contributed by atoms with van der Waals surface area (Å²) in [5.74, 6) is 0.660. The first-order valence-corrected chi connectivity index (χ1v) is 6.10. The Morgan fingerprint density at radius 3 is 2.67 bits per heavy atom. The van der Waals surface area contributed by atoms with E-state index in [1.54, 1.807) is 0 Å². The van der Waals surface area contributed by atoms with Gasteiger partial charge in [-0.25, -0.2) is 0 Å². The average Bonchev–Trinajstić information content (AvgIpc) is 2.39. The quantitative estimate of drug-likeness (QED) is 0.425. The van der Waals surface area contributed by atoms with Crippen LogP contribution in [-0.4, -0.2) is 13.8 Å². The standard InChI is InChI=1S/C15H13BO2/c16-11-6-7-14-13(8-11)12(9-15(17)18-14)10-4-2-1-3-5-10/h1-8,12H,9,16H2. The zero-order valence-electron chi connectivity index (χ0n) is 10.2. The molecule has 3 rings (SSSR count). The van der Waals surface area contributed by atoms with Crippen LogP contribution in [0.5, 0.6) is 5.75 Å². The molecule has 0 spiro atoms. The highest BCUT2D eigenvalue weighted by atomic mass is 16.5. The van der Waals surface area contributed by atoms with E-state index in [0.717, 1.165) is 5.56 Å². The Morgan fingerprint density at radius 1 is 1.11 bits per heavy atom. The molecule has 0 amide bonds. The van der Waals surface area contributed by atoms with Crippen LogP contribution in [0.4, 0.5) is 0 Å². The topological polar surface area (TPSA) is 26.3 Å². The molecular formula is C15H13BO2. The summed E-state index contributed by atoms with van der Waals surface area (Å²) in [6, 6.07) is 16.1. The number of carbonyl (C=O) groups excluding carboxylic acids is 1. The third-order valence-corrected chi connectivity index (χ3v) is 3.34. The molecule has 0 radical (unpaired) electrons. The van der Waals surface area contributed by atoms with Crippen molar-refractivity contribution in [3.05, 3.63) is 59.7 Å². The fourth-order valence-corrected chi connectivity index (χ4v) is 2.46. The molecule has 18 heavy (non-hydrogen) atoms. The second-order valence-electron chi connectivity index (χ2n) is 4.68. The van der Waals surface area contributed by atoms with Crippen molar-refractivity contribution in [3.8, 4) is 5.75 Å². The Labute approximate surface area is 107 Å². The summed E-state index contributed by atoms with van der Waals surface area (Å²) < 4.78 is 5.30. The van der Waals surface area contributed by atoms with Gasteiger partial charge in [0.1, 0.15) is 13.6 Å². The summed E-state index contributed by atoms with van der Waals surface area (Å²) in [6.45, 7) is 0. The zero-order valence-corrected chi connectivity index (χ0v) is 10.2.